The van der Waals surface area contributed by atoms with Crippen molar-refractivity contribution in [3.8, 4) is 0 Å². The number of nitrogens with zero attached hydrogens (tertiary/aromatic N) is 3. The van der Waals surface area contributed by atoms with E-state index in [1.54, 1.807) is 19.0 Å². The molecule has 6 nitrogen and oxygen atoms in total. The smallest absolute Gasteiger partial charge is 0.308 e. The van der Waals surface area contributed by atoms with Crippen LogP contribution in [0.5, 0.6) is 0 Å². The van der Waals surface area contributed by atoms with Gasteiger partial charge in [-0.15, -0.1) is 0 Å². The SMILES string of the molecule is CC(CC(C)N(C)C)C(=O)OCCC(CC(C)C(=O)N(C)C)N(C)C. The van der Waals surface area contributed by atoms with Gasteiger partial charge in [0.15, 0.2) is 0 Å². The molecule has 0 N–H and O–H groups in total. The highest BCUT2D eigenvalue weighted by molar-refractivity contribution is 5.77. The van der Waals surface area contributed by atoms with Crippen molar-refractivity contribution >= 4 is 11.9 Å². The lowest BCUT2D eigenvalue weighted by Crippen LogP contribution is -2.36. The molecule has 0 spiro atoms. The summed E-state index contributed by atoms with van der Waals surface area (Å²) < 4.78 is 5.48. The van der Waals surface area contributed by atoms with Gasteiger partial charge in [-0.25, -0.2) is 0 Å². The Labute approximate surface area is 154 Å². The van der Waals surface area contributed by atoms with Crippen LogP contribution in [0.2, 0.25) is 0 Å². The number of hydrogen-bond acceptors (Lipinski definition) is 5. The second-order valence-electron chi connectivity index (χ2n) is 7.89. The second-order valence-corrected chi connectivity index (χ2v) is 7.89. The van der Waals surface area contributed by atoms with Crippen molar-refractivity contribution in [2.24, 2.45) is 11.8 Å². The van der Waals surface area contributed by atoms with Crippen molar-refractivity contribution < 1.29 is 14.3 Å². The van der Waals surface area contributed by atoms with Crippen LogP contribution in [0.15, 0.2) is 0 Å². The maximum Gasteiger partial charge on any atom is 0.308 e. The van der Waals surface area contributed by atoms with Gasteiger partial charge in [0.2, 0.25) is 5.91 Å². The minimum atomic E-state index is -0.136. The summed E-state index contributed by atoms with van der Waals surface area (Å²) in [5.41, 5.74) is 0. The van der Waals surface area contributed by atoms with E-state index in [0.717, 1.165) is 19.3 Å². The molecule has 0 bridgehead atoms. The standard InChI is InChI=1S/C19H39N3O3/c1-14(18(23)22(8)9)13-17(21(6)7)10-11-25-19(24)15(2)12-16(3)20(4)5/h14-17H,10-13H2,1-9H3. The number of ether oxygens (including phenoxy) is 1. The molecule has 0 aromatic heterocycles. The van der Waals surface area contributed by atoms with E-state index in [1.165, 1.54) is 0 Å². The molecular weight excluding hydrogens is 318 g/mol. The third-order valence-corrected chi connectivity index (χ3v) is 4.89. The first-order chi connectivity index (χ1) is 11.5. The van der Waals surface area contributed by atoms with E-state index in [2.05, 4.69) is 16.7 Å². The molecule has 4 unspecified atom stereocenters. The van der Waals surface area contributed by atoms with Gasteiger partial charge in [-0.2, -0.15) is 0 Å². The number of carbonyl (C=O) groups excluding carboxylic acids is 2. The van der Waals surface area contributed by atoms with E-state index >= 15 is 0 Å². The zero-order chi connectivity index (χ0) is 19.7. The Hall–Kier alpha value is -1.14. The third kappa shape index (κ3) is 9.21. The predicted molar refractivity (Wildman–Crippen MR) is 102 cm³/mol. The molecule has 0 aromatic rings. The third-order valence-electron chi connectivity index (χ3n) is 4.89. The quantitative estimate of drug-likeness (QED) is 0.529. The van der Waals surface area contributed by atoms with E-state index in [4.69, 9.17) is 4.74 Å². The molecule has 4 atom stereocenters. The van der Waals surface area contributed by atoms with Gasteiger partial charge < -0.3 is 19.4 Å². The van der Waals surface area contributed by atoms with Crippen LogP contribution in [-0.2, 0) is 14.3 Å². The summed E-state index contributed by atoms with van der Waals surface area (Å²) in [6.07, 6.45) is 2.28. The van der Waals surface area contributed by atoms with Crippen LogP contribution in [0.1, 0.15) is 40.0 Å². The Morgan fingerprint density at radius 2 is 1.40 bits per heavy atom. The molecule has 0 aliphatic carbocycles. The van der Waals surface area contributed by atoms with Crippen LogP contribution in [-0.4, -0.2) is 87.6 Å². The summed E-state index contributed by atoms with van der Waals surface area (Å²) in [6, 6.07) is 0.553. The fourth-order valence-corrected chi connectivity index (χ4v) is 2.79. The highest BCUT2D eigenvalue weighted by Crippen LogP contribution is 2.16. The lowest BCUT2D eigenvalue weighted by molar-refractivity contribution is -0.149. The van der Waals surface area contributed by atoms with Crippen molar-refractivity contribution in [1.82, 2.24) is 14.7 Å². The van der Waals surface area contributed by atoms with Crippen LogP contribution in [0, 0.1) is 11.8 Å². The molecule has 148 valence electrons. The normalized spacial score (nSPS) is 16.4. The summed E-state index contributed by atoms with van der Waals surface area (Å²) in [5.74, 6) is -0.152. The van der Waals surface area contributed by atoms with Crippen LogP contribution in [0.4, 0.5) is 0 Å². The molecule has 0 saturated heterocycles. The molecule has 0 fully saturated rings. The largest absolute Gasteiger partial charge is 0.465 e. The first-order valence-electron chi connectivity index (χ1n) is 9.17. The first-order valence-corrected chi connectivity index (χ1v) is 9.17. The average molecular weight is 358 g/mol. The lowest BCUT2D eigenvalue weighted by Gasteiger charge is -2.28. The number of amides is 1. The van der Waals surface area contributed by atoms with Gasteiger partial charge in [0, 0.05) is 32.1 Å². The predicted octanol–water partition coefficient (Wildman–Crippen LogP) is 1.94. The second kappa shape index (κ2) is 11.5. The van der Waals surface area contributed by atoms with Crippen LogP contribution >= 0.6 is 0 Å². The van der Waals surface area contributed by atoms with Gasteiger partial charge in [-0.05, 0) is 54.4 Å². The number of carbonyl (C=O) groups is 2. The van der Waals surface area contributed by atoms with Crippen molar-refractivity contribution in [2.45, 2.75) is 52.1 Å². The van der Waals surface area contributed by atoms with Gasteiger partial charge in [0.25, 0.3) is 0 Å². The first kappa shape index (κ1) is 23.9. The zero-order valence-electron chi connectivity index (χ0n) is 17.7. The summed E-state index contributed by atoms with van der Waals surface area (Å²) in [4.78, 5) is 30.0. The van der Waals surface area contributed by atoms with Gasteiger partial charge >= 0.3 is 5.97 Å². The maximum atomic E-state index is 12.2. The highest BCUT2D eigenvalue weighted by Gasteiger charge is 2.23. The molecule has 25 heavy (non-hydrogen) atoms. The van der Waals surface area contributed by atoms with Gasteiger partial charge in [0.1, 0.15) is 0 Å². The summed E-state index contributed by atoms with van der Waals surface area (Å²) in [6.45, 7) is 6.37. The minimum absolute atomic E-state index is 0.0435. The molecule has 6 heteroatoms. The summed E-state index contributed by atoms with van der Waals surface area (Å²) in [7, 11) is 11.6. The van der Waals surface area contributed by atoms with Crippen LogP contribution in [0.3, 0.4) is 0 Å². The molecule has 0 aliphatic heterocycles. The van der Waals surface area contributed by atoms with E-state index in [-0.39, 0.29) is 29.8 Å². The Morgan fingerprint density at radius 3 is 1.84 bits per heavy atom. The number of hydrogen-bond donors (Lipinski definition) is 0. The summed E-state index contributed by atoms with van der Waals surface area (Å²) in [5, 5.41) is 0. The van der Waals surface area contributed by atoms with Crippen molar-refractivity contribution in [3.63, 3.8) is 0 Å². The molecule has 0 saturated carbocycles. The van der Waals surface area contributed by atoms with Gasteiger partial charge in [-0.3, -0.25) is 9.59 Å². The summed E-state index contributed by atoms with van der Waals surface area (Å²) >= 11 is 0. The Kier molecular flexibility index (Phi) is 10.9. The zero-order valence-corrected chi connectivity index (χ0v) is 17.7. The van der Waals surface area contributed by atoms with Gasteiger partial charge in [0.05, 0.1) is 12.5 Å². The molecule has 0 rings (SSSR count). The van der Waals surface area contributed by atoms with Gasteiger partial charge in [-0.1, -0.05) is 13.8 Å². The van der Waals surface area contributed by atoms with Crippen LogP contribution < -0.4 is 0 Å². The fraction of sp³-hybridized carbons (Fsp3) is 0.895. The average Bonchev–Trinajstić information content (AvgIpc) is 2.51. The monoisotopic (exact) mass is 357 g/mol. The van der Waals surface area contributed by atoms with E-state index in [0.29, 0.717) is 12.6 Å². The molecule has 0 radical (unpaired) electrons. The maximum absolute atomic E-state index is 12.2. The topological polar surface area (TPSA) is 53.1 Å². The highest BCUT2D eigenvalue weighted by atomic mass is 16.5. The van der Waals surface area contributed by atoms with E-state index in [1.807, 2.05) is 42.0 Å². The Balaban J connectivity index is 4.40. The van der Waals surface area contributed by atoms with E-state index < -0.39 is 0 Å². The lowest BCUT2D eigenvalue weighted by atomic mass is 9.97. The minimum Gasteiger partial charge on any atom is -0.465 e. The molecule has 0 aromatic carbocycles. The Morgan fingerprint density at radius 1 is 0.840 bits per heavy atom. The molecular formula is C19H39N3O3. The fourth-order valence-electron chi connectivity index (χ4n) is 2.79. The Bertz CT molecular complexity index is 411. The number of rotatable bonds is 11. The molecule has 0 heterocycles. The van der Waals surface area contributed by atoms with E-state index in [9.17, 15) is 9.59 Å². The van der Waals surface area contributed by atoms with Crippen molar-refractivity contribution in [2.75, 3.05) is 48.9 Å². The van der Waals surface area contributed by atoms with Crippen LogP contribution in [0.25, 0.3) is 0 Å². The molecule has 1 amide bonds. The van der Waals surface area contributed by atoms with Crippen molar-refractivity contribution in [3.05, 3.63) is 0 Å². The number of esters is 1. The van der Waals surface area contributed by atoms with Crippen molar-refractivity contribution in [1.29, 1.82) is 0 Å². The molecule has 0 aliphatic rings.